The minimum absolute atomic E-state index is 0.131. The van der Waals surface area contributed by atoms with E-state index in [4.69, 9.17) is 9.15 Å². The molecule has 0 radical (unpaired) electrons. The lowest BCUT2D eigenvalue weighted by Gasteiger charge is -2.25. The van der Waals surface area contributed by atoms with E-state index in [2.05, 4.69) is 10.6 Å². The summed E-state index contributed by atoms with van der Waals surface area (Å²) in [6.45, 7) is 2.34. The first-order valence-electron chi connectivity index (χ1n) is 7.87. The van der Waals surface area contributed by atoms with Gasteiger partial charge in [-0.25, -0.2) is 0 Å². The van der Waals surface area contributed by atoms with Gasteiger partial charge in [-0.3, -0.25) is 9.59 Å². The molecule has 126 valence electrons. The quantitative estimate of drug-likeness (QED) is 0.883. The van der Waals surface area contributed by atoms with Gasteiger partial charge in [-0.2, -0.15) is 0 Å². The third-order valence-corrected chi connectivity index (χ3v) is 4.08. The van der Waals surface area contributed by atoms with Gasteiger partial charge in [0, 0.05) is 25.1 Å². The zero-order chi connectivity index (χ0) is 17.1. The number of anilines is 1. The molecule has 6 nitrogen and oxygen atoms in total. The van der Waals surface area contributed by atoms with Gasteiger partial charge in [0.1, 0.15) is 17.3 Å². The van der Waals surface area contributed by atoms with E-state index in [1.54, 1.807) is 25.3 Å². The standard InChI is InChI=1S/C18H20N2O4/c1-11-3-4-12(24-11)7-8-19-18(22)15-10-17(21)20-16-6-5-13(23-2)9-14(15)16/h3-6,9,15H,7-8,10H2,1-2H3,(H,19,22)(H,20,21)/t15-/m1/s1. The highest BCUT2D eigenvalue weighted by Crippen LogP contribution is 2.34. The number of aryl methyl sites for hydroxylation is 1. The van der Waals surface area contributed by atoms with Crippen LogP contribution < -0.4 is 15.4 Å². The Kier molecular flexibility index (Phi) is 4.55. The molecule has 3 rings (SSSR count). The lowest BCUT2D eigenvalue weighted by Crippen LogP contribution is -2.35. The molecule has 0 bridgehead atoms. The van der Waals surface area contributed by atoms with Crippen LogP contribution >= 0.6 is 0 Å². The minimum Gasteiger partial charge on any atom is -0.497 e. The number of benzene rings is 1. The second-order valence-electron chi connectivity index (χ2n) is 5.81. The molecule has 0 aliphatic carbocycles. The SMILES string of the molecule is COc1ccc2c(c1)[C@H](C(=O)NCCc1ccc(C)o1)CC(=O)N2. The maximum Gasteiger partial charge on any atom is 0.228 e. The van der Waals surface area contributed by atoms with Crippen molar-refractivity contribution in [1.29, 1.82) is 0 Å². The lowest BCUT2D eigenvalue weighted by atomic mass is 9.89. The topological polar surface area (TPSA) is 80.6 Å². The maximum atomic E-state index is 12.5. The zero-order valence-electron chi connectivity index (χ0n) is 13.7. The van der Waals surface area contributed by atoms with Crippen LogP contribution in [0.15, 0.2) is 34.7 Å². The van der Waals surface area contributed by atoms with Crippen molar-refractivity contribution in [3.63, 3.8) is 0 Å². The fourth-order valence-corrected chi connectivity index (χ4v) is 2.85. The average Bonchev–Trinajstić information content (AvgIpc) is 2.98. The monoisotopic (exact) mass is 328 g/mol. The number of carbonyl (C=O) groups is 2. The van der Waals surface area contributed by atoms with Crippen molar-refractivity contribution in [2.24, 2.45) is 0 Å². The fourth-order valence-electron chi connectivity index (χ4n) is 2.85. The van der Waals surface area contributed by atoms with Crippen molar-refractivity contribution in [1.82, 2.24) is 5.32 Å². The Hall–Kier alpha value is -2.76. The molecule has 1 aromatic carbocycles. The van der Waals surface area contributed by atoms with E-state index < -0.39 is 5.92 Å². The maximum absolute atomic E-state index is 12.5. The number of hydrogen-bond acceptors (Lipinski definition) is 4. The van der Waals surface area contributed by atoms with E-state index in [0.29, 0.717) is 24.4 Å². The molecule has 2 N–H and O–H groups in total. The summed E-state index contributed by atoms with van der Waals surface area (Å²) < 4.78 is 10.7. The first-order valence-corrected chi connectivity index (χ1v) is 7.87. The molecule has 6 heteroatoms. The molecular weight excluding hydrogens is 308 g/mol. The van der Waals surface area contributed by atoms with E-state index in [9.17, 15) is 9.59 Å². The number of hydrogen-bond donors (Lipinski definition) is 2. The van der Waals surface area contributed by atoms with Crippen LogP contribution in [0.2, 0.25) is 0 Å². The third-order valence-electron chi connectivity index (χ3n) is 4.08. The van der Waals surface area contributed by atoms with Gasteiger partial charge in [0.25, 0.3) is 0 Å². The first-order chi connectivity index (χ1) is 11.6. The van der Waals surface area contributed by atoms with Crippen molar-refractivity contribution < 1.29 is 18.7 Å². The Morgan fingerprint density at radius 2 is 2.21 bits per heavy atom. The van der Waals surface area contributed by atoms with Gasteiger partial charge in [-0.05, 0) is 42.8 Å². The summed E-state index contributed by atoms with van der Waals surface area (Å²) in [6, 6.07) is 9.12. The predicted molar refractivity (Wildman–Crippen MR) is 89.1 cm³/mol. The van der Waals surface area contributed by atoms with Crippen molar-refractivity contribution >= 4 is 17.5 Å². The molecule has 2 heterocycles. The molecule has 1 aliphatic rings. The molecule has 0 spiro atoms. The zero-order valence-corrected chi connectivity index (χ0v) is 13.7. The summed E-state index contributed by atoms with van der Waals surface area (Å²) >= 11 is 0. The van der Waals surface area contributed by atoms with Gasteiger partial charge < -0.3 is 19.8 Å². The second-order valence-corrected chi connectivity index (χ2v) is 5.81. The van der Waals surface area contributed by atoms with E-state index in [-0.39, 0.29) is 18.2 Å². The Morgan fingerprint density at radius 1 is 1.38 bits per heavy atom. The predicted octanol–water partition coefficient (Wildman–Crippen LogP) is 2.38. The van der Waals surface area contributed by atoms with Gasteiger partial charge >= 0.3 is 0 Å². The first kappa shape index (κ1) is 16.1. The molecule has 24 heavy (non-hydrogen) atoms. The van der Waals surface area contributed by atoms with Crippen LogP contribution in [0, 0.1) is 6.92 Å². The van der Waals surface area contributed by atoms with Crippen LogP contribution in [0.4, 0.5) is 5.69 Å². The van der Waals surface area contributed by atoms with Crippen LogP contribution in [0.25, 0.3) is 0 Å². The van der Waals surface area contributed by atoms with Crippen LogP contribution in [-0.2, 0) is 16.0 Å². The molecule has 0 saturated heterocycles. The molecular formula is C18H20N2O4. The average molecular weight is 328 g/mol. The van der Waals surface area contributed by atoms with E-state index in [1.807, 2.05) is 19.1 Å². The van der Waals surface area contributed by atoms with Crippen molar-refractivity contribution in [2.75, 3.05) is 19.0 Å². The number of ether oxygens (including phenoxy) is 1. The lowest BCUT2D eigenvalue weighted by molar-refractivity contribution is -0.126. The van der Waals surface area contributed by atoms with Crippen molar-refractivity contribution in [3.8, 4) is 5.75 Å². The molecule has 1 aliphatic heterocycles. The molecule has 1 aromatic heterocycles. The second kappa shape index (κ2) is 6.78. The number of furan rings is 1. The van der Waals surface area contributed by atoms with Crippen LogP contribution in [0.3, 0.4) is 0 Å². The molecule has 2 aromatic rings. The number of methoxy groups -OCH3 is 1. The molecule has 0 unspecified atom stereocenters. The number of fused-ring (bicyclic) bond motifs is 1. The highest BCUT2D eigenvalue weighted by atomic mass is 16.5. The fraction of sp³-hybridized carbons (Fsp3) is 0.333. The van der Waals surface area contributed by atoms with E-state index in [0.717, 1.165) is 17.1 Å². The highest BCUT2D eigenvalue weighted by molar-refractivity contribution is 6.01. The number of nitrogens with one attached hydrogen (secondary N) is 2. The van der Waals surface area contributed by atoms with Crippen LogP contribution in [0.5, 0.6) is 5.75 Å². The van der Waals surface area contributed by atoms with Gasteiger partial charge in [-0.1, -0.05) is 0 Å². The number of carbonyl (C=O) groups excluding carboxylic acids is 2. The largest absolute Gasteiger partial charge is 0.497 e. The number of amides is 2. The van der Waals surface area contributed by atoms with Gasteiger partial charge in [0.15, 0.2) is 0 Å². The Balaban J connectivity index is 1.69. The summed E-state index contributed by atoms with van der Waals surface area (Å²) in [5.41, 5.74) is 1.44. The molecule has 0 saturated carbocycles. The summed E-state index contributed by atoms with van der Waals surface area (Å²) in [7, 11) is 1.57. The smallest absolute Gasteiger partial charge is 0.228 e. The molecule has 1 atom stereocenters. The van der Waals surface area contributed by atoms with E-state index >= 15 is 0 Å². The van der Waals surface area contributed by atoms with Gasteiger partial charge in [0.05, 0.1) is 13.0 Å². The third kappa shape index (κ3) is 3.42. The Labute approximate surface area is 140 Å². The summed E-state index contributed by atoms with van der Waals surface area (Å²) in [4.78, 5) is 24.4. The molecule has 2 amide bonds. The summed E-state index contributed by atoms with van der Waals surface area (Å²) in [5.74, 6) is 1.51. The Morgan fingerprint density at radius 3 is 2.92 bits per heavy atom. The van der Waals surface area contributed by atoms with Crippen molar-refractivity contribution in [2.45, 2.75) is 25.7 Å². The van der Waals surface area contributed by atoms with Gasteiger partial charge in [-0.15, -0.1) is 0 Å². The molecule has 0 fully saturated rings. The van der Waals surface area contributed by atoms with Crippen LogP contribution in [-0.4, -0.2) is 25.5 Å². The minimum atomic E-state index is -0.512. The summed E-state index contributed by atoms with van der Waals surface area (Å²) in [6.07, 6.45) is 0.745. The highest BCUT2D eigenvalue weighted by Gasteiger charge is 2.30. The normalized spacial score (nSPS) is 16.2. The van der Waals surface area contributed by atoms with Crippen LogP contribution in [0.1, 0.15) is 29.4 Å². The number of rotatable bonds is 5. The van der Waals surface area contributed by atoms with Gasteiger partial charge in [0.2, 0.25) is 11.8 Å². The summed E-state index contributed by atoms with van der Waals surface area (Å²) in [5, 5.41) is 5.68. The van der Waals surface area contributed by atoms with E-state index in [1.165, 1.54) is 0 Å². The Bertz CT molecular complexity index is 766. The van der Waals surface area contributed by atoms with Crippen molar-refractivity contribution in [3.05, 3.63) is 47.4 Å².